The quantitative estimate of drug-likeness (QED) is 0.274. The van der Waals surface area contributed by atoms with E-state index < -0.39 is 11.2 Å². The lowest BCUT2D eigenvalue weighted by atomic mass is 9.71. The molecule has 7 heteroatoms. The fourth-order valence-electron chi connectivity index (χ4n) is 6.53. The first-order chi connectivity index (χ1) is 18.2. The number of fused-ring (bicyclic) bond motifs is 3. The molecule has 1 aliphatic heterocycles. The van der Waals surface area contributed by atoms with Crippen molar-refractivity contribution >= 4 is 43.8 Å². The number of aryl methyl sites for hydroxylation is 2. The van der Waals surface area contributed by atoms with E-state index in [1.54, 1.807) is 6.26 Å². The lowest BCUT2D eigenvalue weighted by molar-refractivity contribution is -0.143. The summed E-state index contributed by atoms with van der Waals surface area (Å²) in [7, 11) is 0. The van der Waals surface area contributed by atoms with Crippen LogP contribution in [0.15, 0.2) is 54.7 Å². The third kappa shape index (κ3) is 4.30. The Bertz CT molecular complexity index is 1600. The number of hydrogen-bond acceptors (Lipinski definition) is 5. The Kier molecular flexibility index (Phi) is 6.47. The summed E-state index contributed by atoms with van der Waals surface area (Å²) in [6, 6.07) is 10.1. The Morgan fingerprint density at radius 1 is 1.11 bits per heavy atom. The molecule has 0 radical (unpaired) electrons. The predicted molar refractivity (Wildman–Crippen MR) is 151 cm³/mol. The van der Waals surface area contributed by atoms with Gasteiger partial charge in [0.2, 0.25) is 5.91 Å². The van der Waals surface area contributed by atoms with Gasteiger partial charge in [0.05, 0.1) is 11.9 Å². The van der Waals surface area contributed by atoms with Crippen molar-refractivity contribution < 1.29 is 18.7 Å². The van der Waals surface area contributed by atoms with Crippen LogP contribution < -0.4 is 5.63 Å². The van der Waals surface area contributed by atoms with E-state index in [1.165, 1.54) is 0 Å². The van der Waals surface area contributed by atoms with Gasteiger partial charge in [0, 0.05) is 57.4 Å². The van der Waals surface area contributed by atoms with Crippen LogP contribution in [0.1, 0.15) is 55.2 Å². The van der Waals surface area contributed by atoms with Crippen molar-refractivity contribution in [3.05, 3.63) is 68.2 Å². The zero-order valence-electron chi connectivity index (χ0n) is 21.8. The molecule has 0 unspecified atom stereocenters. The third-order valence-corrected chi connectivity index (χ3v) is 9.39. The standard InChI is InChI=1S/C31H32BrNO5/c1-18-23(10-11-27(34)33-14-13-31(36)12-4-3-5-21(31)16-33)30(35)38-29-19(2)28-25(15-24(18)29)26(17-37-28)20-6-8-22(32)9-7-20/h6-9,15,17,21,36H,3-5,10-14,16H2,1-2H3/t21-,31-/m0/s1. The molecule has 2 aliphatic rings. The molecule has 2 fully saturated rings. The van der Waals surface area contributed by atoms with Gasteiger partial charge in [-0.2, -0.15) is 0 Å². The third-order valence-electron chi connectivity index (χ3n) is 8.87. The first-order valence-electron chi connectivity index (χ1n) is 13.5. The number of rotatable bonds is 4. The second-order valence-corrected chi connectivity index (χ2v) is 12.0. The van der Waals surface area contributed by atoms with Gasteiger partial charge < -0.3 is 18.8 Å². The van der Waals surface area contributed by atoms with Gasteiger partial charge in [-0.25, -0.2) is 4.79 Å². The summed E-state index contributed by atoms with van der Waals surface area (Å²) in [4.78, 5) is 28.1. The second-order valence-electron chi connectivity index (χ2n) is 11.0. The number of likely N-dealkylation sites (tertiary alicyclic amines) is 1. The molecular weight excluding hydrogens is 546 g/mol. The van der Waals surface area contributed by atoms with E-state index in [2.05, 4.69) is 15.9 Å². The molecule has 1 amide bonds. The Balaban J connectivity index is 1.29. The van der Waals surface area contributed by atoms with Crippen molar-refractivity contribution in [2.75, 3.05) is 13.1 Å². The molecule has 2 atom stereocenters. The van der Waals surface area contributed by atoms with Gasteiger partial charge in [-0.1, -0.05) is 40.9 Å². The highest BCUT2D eigenvalue weighted by Gasteiger charge is 2.43. The van der Waals surface area contributed by atoms with Gasteiger partial charge in [-0.3, -0.25) is 4.79 Å². The summed E-state index contributed by atoms with van der Waals surface area (Å²) in [5, 5.41) is 12.8. The minimum atomic E-state index is -0.615. The van der Waals surface area contributed by atoms with Crippen molar-refractivity contribution in [3.63, 3.8) is 0 Å². The summed E-state index contributed by atoms with van der Waals surface area (Å²) in [6.45, 7) is 5.03. The molecule has 1 saturated carbocycles. The van der Waals surface area contributed by atoms with E-state index >= 15 is 0 Å². The van der Waals surface area contributed by atoms with Gasteiger partial charge >= 0.3 is 5.63 Å². The molecule has 6 nitrogen and oxygen atoms in total. The van der Waals surface area contributed by atoms with Crippen LogP contribution in [0.3, 0.4) is 0 Å². The molecule has 4 aromatic rings. The van der Waals surface area contributed by atoms with E-state index in [0.29, 0.717) is 42.7 Å². The van der Waals surface area contributed by atoms with E-state index in [-0.39, 0.29) is 18.2 Å². The Hall–Kier alpha value is -2.90. The van der Waals surface area contributed by atoms with Crippen LogP contribution in [0.25, 0.3) is 33.1 Å². The molecule has 1 N–H and O–H groups in total. The van der Waals surface area contributed by atoms with Crippen molar-refractivity contribution in [3.8, 4) is 11.1 Å². The SMILES string of the molecule is Cc1c(CCC(=O)N2CC[C@@]3(O)CCCC[C@H]3C2)c(=O)oc2c(C)c3occ(-c4ccc(Br)cc4)c3cc12. The van der Waals surface area contributed by atoms with Crippen LogP contribution in [0.5, 0.6) is 0 Å². The lowest BCUT2D eigenvalue weighted by Crippen LogP contribution is -2.54. The first kappa shape index (κ1) is 25.4. The van der Waals surface area contributed by atoms with Crippen LogP contribution >= 0.6 is 15.9 Å². The van der Waals surface area contributed by atoms with E-state index in [9.17, 15) is 14.7 Å². The maximum absolute atomic E-state index is 13.2. The maximum Gasteiger partial charge on any atom is 0.339 e. The minimum absolute atomic E-state index is 0.0375. The fraction of sp³-hybridized carbons (Fsp3) is 0.419. The number of nitrogens with zero attached hydrogens (tertiary/aromatic N) is 1. The Labute approximate surface area is 229 Å². The zero-order valence-corrected chi connectivity index (χ0v) is 23.4. The number of carbonyl (C=O) groups excluding carboxylic acids is 1. The molecule has 0 bridgehead atoms. The molecule has 1 saturated heterocycles. The minimum Gasteiger partial charge on any atom is -0.463 e. The van der Waals surface area contributed by atoms with Gasteiger partial charge in [-0.15, -0.1) is 0 Å². The van der Waals surface area contributed by atoms with Crippen molar-refractivity contribution in [2.45, 2.75) is 64.4 Å². The normalized spacial score (nSPS) is 21.7. The summed E-state index contributed by atoms with van der Waals surface area (Å²) in [5.74, 6) is 0.192. The van der Waals surface area contributed by atoms with Gasteiger partial charge in [-0.05, 0) is 68.9 Å². The molecule has 2 aromatic heterocycles. The molecule has 2 aromatic carbocycles. The van der Waals surface area contributed by atoms with E-state index in [0.717, 1.165) is 63.2 Å². The molecule has 6 rings (SSSR count). The molecule has 3 heterocycles. The van der Waals surface area contributed by atoms with Gasteiger partial charge in [0.25, 0.3) is 0 Å². The summed E-state index contributed by atoms with van der Waals surface area (Å²) < 4.78 is 12.8. The van der Waals surface area contributed by atoms with Crippen molar-refractivity contribution in [1.29, 1.82) is 0 Å². The Morgan fingerprint density at radius 2 is 1.89 bits per heavy atom. The fourth-order valence-corrected chi connectivity index (χ4v) is 6.79. The average molecular weight is 579 g/mol. The molecule has 1 aliphatic carbocycles. The highest BCUT2D eigenvalue weighted by Crippen LogP contribution is 2.40. The van der Waals surface area contributed by atoms with Crippen LogP contribution in [-0.4, -0.2) is 34.6 Å². The number of hydrogen-bond donors (Lipinski definition) is 1. The highest BCUT2D eigenvalue weighted by atomic mass is 79.9. The molecule has 198 valence electrons. The van der Waals surface area contributed by atoms with E-state index in [1.807, 2.05) is 49.1 Å². The zero-order chi connectivity index (χ0) is 26.6. The smallest absolute Gasteiger partial charge is 0.339 e. The number of halogens is 1. The maximum atomic E-state index is 13.2. The first-order valence-corrected chi connectivity index (χ1v) is 14.3. The predicted octanol–water partition coefficient (Wildman–Crippen LogP) is 6.67. The second kappa shape index (κ2) is 9.69. The summed E-state index contributed by atoms with van der Waals surface area (Å²) in [6.07, 6.45) is 6.95. The molecule has 0 spiro atoms. The average Bonchev–Trinajstić information content (AvgIpc) is 3.33. The summed E-state index contributed by atoms with van der Waals surface area (Å²) in [5.41, 5.74) is 4.42. The van der Waals surface area contributed by atoms with Crippen molar-refractivity contribution in [2.24, 2.45) is 5.92 Å². The van der Waals surface area contributed by atoms with Crippen LogP contribution in [0, 0.1) is 19.8 Å². The van der Waals surface area contributed by atoms with Crippen LogP contribution in [-0.2, 0) is 11.2 Å². The topological polar surface area (TPSA) is 83.9 Å². The monoisotopic (exact) mass is 577 g/mol. The van der Waals surface area contributed by atoms with Crippen molar-refractivity contribution in [1.82, 2.24) is 4.90 Å². The molecular formula is C31H32BrNO5. The highest BCUT2D eigenvalue weighted by molar-refractivity contribution is 9.10. The van der Waals surface area contributed by atoms with Crippen LogP contribution in [0.2, 0.25) is 0 Å². The molecule has 38 heavy (non-hydrogen) atoms. The number of piperidine rings is 1. The summed E-state index contributed by atoms with van der Waals surface area (Å²) >= 11 is 3.49. The number of benzene rings is 2. The Morgan fingerprint density at radius 3 is 2.68 bits per heavy atom. The number of amides is 1. The van der Waals surface area contributed by atoms with Crippen LogP contribution in [0.4, 0.5) is 0 Å². The number of aliphatic hydroxyl groups is 1. The van der Waals surface area contributed by atoms with Gasteiger partial charge in [0.1, 0.15) is 11.2 Å². The van der Waals surface area contributed by atoms with E-state index in [4.69, 9.17) is 8.83 Å². The van der Waals surface area contributed by atoms with Gasteiger partial charge in [0.15, 0.2) is 0 Å². The lowest BCUT2D eigenvalue weighted by Gasteiger charge is -2.47. The largest absolute Gasteiger partial charge is 0.463 e. The number of furan rings is 1. The number of carbonyl (C=O) groups is 1.